The first-order valence-electron chi connectivity index (χ1n) is 10.2. The summed E-state index contributed by atoms with van der Waals surface area (Å²) in [6.45, 7) is 3.91. The second-order valence-electron chi connectivity index (χ2n) is 7.64. The molecule has 2 aromatic rings. The van der Waals surface area contributed by atoms with Crippen LogP contribution in [0.25, 0.3) is 0 Å². The molecule has 1 aliphatic rings. The summed E-state index contributed by atoms with van der Waals surface area (Å²) in [5.41, 5.74) is 0.807. The molecule has 9 nitrogen and oxygen atoms in total. The lowest BCUT2D eigenvalue weighted by molar-refractivity contribution is -0.384. The van der Waals surface area contributed by atoms with Gasteiger partial charge < -0.3 is 9.84 Å². The third-order valence-corrected chi connectivity index (χ3v) is 7.53. The Morgan fingerprint density at radius 2 is 1.69 bits per heavy atom. The quantitative estimate of drug-likeness (QED) is 0.431. The fourth-order valence-electron chi connectivity index (χ4n) is 3.48. The molecule has 2 atom stereocenters. The lowest BCUT2D eigenvalue weighted by Crippen LogP contribution is -2.50. The Hall–Kier alpha value is -2.08. The van der Waals surface area contributed by atoms with Gasteiger partial charge >= 0.3 is 0 Å². The zero-order chi connectivity index (χ0) is 23.3. The number of ether oxygens (including phenoxy) is 1. The number of benzene rings is 2. The molecule has 11 heteroatoms. The van der Waals surface area contributed by atoms with Crippen molar-refractivity contribution in [3.63, 3.8) is 0 Å². The predicted molar refractivity (Wildman–Crippen MR) is 120 cm³/mol. The van der Waals surface area contributed by atoms with Crippen molar-refractivity contribution in [3.8, 4) is 0 Å². The summed E-state index contributed by atoms with van der Waals surface area (Å²) in [6, 6.07) is 12.2. The van der Waals surface area contributed by atoms with Gasteiger partial charge in [-0.25, -0.2) is 8.42 Å². The van der Waals surface area contributed by atoms with E-state index in [0.717, 1.165) is 5.56 Å². The third-order valence-electron chi connectivity index (χ3n) is 5.36. The maximum atomic E-state index is 12.8. The van der Waals surface area contributed by atoms with E-state index in [1.807, 2.05) is 24.0 Å². The van der Waals surface area contributed by atoms with Crippen LogP contribution in [0.5, 0.6) is 0 Å². The van der Waals surface area contributed by atoms with E-state index in [0.29, 0.717) is 24.7 Å². The van der Waals surface area contributed by atoms with E-state index in [4.69, 9.17) is 16.3 Å². The number of aliphatic hydroxyl groups excluding tert-OH is 1. The van der Waals surface area contributed by atoms with Crippen LogP contribution in [0.2, 0.25) is 5.02 Å². The van der Waals surface area contributed by atoms with Gasteiger partial charge in [0, 0.05) is 49.9 Å². The number of aliphatic hydroxyl groups is 1. The Kier molecular flexibility index (Phi) is 8.21. The maximum Gasteiger partial charge on any atom is 0.269 e. The summed E-state index contributed by atoms with van der Waals surface area (Å²) in [6.07, 6.45) is -0.895. The number of sulfonamides is 1. The molecule has 0 aliphatic carbocycles. The first-order valence-corrected chi connectivity index (χ1v) is 12.0. The average Bonchev–Trinajstić information content (AvgIpc) is 2.78. The minimum atomic E-state index is -3.72. The van der Waals surface area contributed by atoms with Gasteiger partial charge in [0.2, 0.25) is 10.0 Å². The minimum Gasteiger partial charge on any atom is -0.389 e. The Balaban J connectivity index is 1.46. The number of piperazine rings is 1. The number of nitrogens with zero attached hydrogens (tertiary/aromatic N) is 3. The van der Waals surface area contributed by atoms with Crippen LogP contribution >= 0.6 is 11.6 Å². The van der Waals surface area contributed by atoms with Gasteiger partial charge in [-0.2, -0.15) is 4.31 Å². The predicted octanol–water partition coefficient (Wildman–Crippen LogP) is 2.69. The molecular weight excluding hydrogens is 458 g/mol. The second kappa shape index (κ2) is 10.7. The second-order valence-corrected chi connectivity index (χ2v) is 10.0. The van der Waals surface area contributed by atoms with E-state index < -0.39 is 21.1 Å². The van der Waals surface area contributed by atoms with E-state index in [1.165, 1.54) is 28.6 Å². The van der Waals surface area contributed by atoms with Crippen molar-refractivity contribution >= 4 is 27.3 Å². The minimum absolute atomic E-state index is 0.0289. The number of nitro groups is 1. The smallest absolute Gasteiger partial charge is 0.269 e. The average molecular weight is 484 g/mol. The summed E-state index contributed by atoms with van der Waals surface area (Å²) in [5.74, 6) is 0. The molecule has 1 N–H and O–H groups in total. The molecule has 0 saturated carbocycles. The van der Waals surface area contributed by atoms with Gasteiger partial charge in [-0.3, -0.25) is 15.0 Å². The van der Waals surface area contributed by atoms with Crippen molar-refractivity contribution in [2.45, 2.75) is 24.0 Å². The molecule has 2 aromatic carbocycles. The Labute approximate surface area is 192 Å². The molecular formula is C21H26ClN3O6S. The van der Waals surface area contributed by atoms with Crippen molar-refractivity contribution in [1.82, 2.24) is 9.21 Å². The van der Waals surface area contributed by atoms with Crippen molar-refractivity contribution in [3.05, 3.63) is 69.2 Å². The highest BCUT2D eigenvalue weighted by molar-refractivity contribution is 7.89. The normalized spacial score (nSPS) is 17.7. The highest BCUT2D eigenvalue weighted by atomic mass is 35.5. The molecule has 1 aliphatic heterocycles. The number of rotatable bonds is 9. The van der Waals surface area contributed by atoms with Gasteiger partial charge in [0.1, 0.15) is 0 Å². The molecule has 0 amide bonds. The van der Waals surface area contributed by atoms with Crippen LogP contribution in [-0.4, -0.2) is 73.1 Å². The van der Waals surface area contributed by atoms with Crippen molar-refractivity contribution < 1.29 is 23.2 Å². The number of nitro benzene ring substituents is 1. The largest absolute Gasteiger partial charge is 0.389 e. The highest BCUT2D eigenvalue weighted by Gasteiger charge is 2.29. The van der Waals surface area contributed by atoms with Crippen LogP contribution in [0, 0.1) is 10.1 Å². The van der Waals surface area contributed by atoms with E-state index in [2.05, 4.69) is 0 Å². The first kappa shape index (κ1) is 24.6. The lowest BCUT2D eigenvalue weighted by Gasteiger charge is -2.35. The zero-order valence-electron chi connectivity index (χ0n) is 17.6. The molecule has 0 bridgehead atoms. The summed E-state index contributed by atoms with van der Waals surface area (Å²) < 4.78 is 32.7. The maximum absolute atomic E-state index is 12.8. The lowest BCUT2D eigenvalue weighted by atomic mass is 10.1. The molecule has 0 aromatic heterocycles. The zero-order valence-corrected chi connectivity index (χ0v) is 19.2. The van der Waals surface area contributed by atoms with Gasteiger partial charge in [0.05, 0.1) is 28.6 Å². The SMILES string of the molecule is C[C@@H](OC[C@@H](O)CN1CCN(S(=O)(=O)c2ccc([N+](=O)[O-])cc2)CC1)c1ccc(Cl)cc1. The standard InChI is InChI=1S/C21H26ClN3O6S/c1-16(17-2-4-18(22)5-3-17)31-15-20(26)14-23-10-12-24(13-11-23)32(29,30)21-8-6-19(7-9-21)25(27)28/h2-9,16,20,26H,10-15H2,1H3/t16-,20+/m1/s1. The first-order chi connectivity index (χ1) is 15.2. The number of halogens is 1. The van der Waals surface area contributed by atoms with E-state index >= 15 is 0 Å². The molecule has 1 fully saturated rings. The van der Waals surface area contributed by atoms with Crippen LogP contribution in [-0.2, 0) is 14.8 Å². The van der Waals surface area contributed by atoms with E-state index in [-0.39, 0.29) is 36.4 Å². The molecule has 1 saturated heterocycles. The molecule has 3 rings (SSSR count). The van der Waals surface area contributed by atoms with Gasteiger partial charge in [-0.15, -0.1) is 0 Å². The number of β-amino-alcohol motifs (C(OH)–C–C–N with tert-alkyl or cyclic N) is 1. The summed E-state index contributed by atoms with van der Waals surface area (Å²) in [5, 5.41) is 21.8. The summed E-state index contributed by atoms with van der Waals surface area (Å²) in [7, 11) is -3.72. The van der Waals surface area contributed by atoms with Crippen molar-refractivity contribution in [2.24, 2.45) is 0 Å². The van der Waals surface area contributed by atoms with Crippen LogP contribution in [0.15, 0.2) is 53.4 Å². The number of non-ortho nitro benzene ring substituents is 1. The van der Waals surface area contributed by atoms with Gasteiger partial charge in [-0.1, -0.05) is 23.7 Å². The van der Waals surface area contributed by atoms with Crippen LogP contribution in [0.4, 0.5) is 5.69 Å². The van der Waals surface area contributed by atoms with Crippen LogP contribution in [0.3, 0.4) is 0 Å². The number of hydrogen-bond acceptors (Lipinski definition) is 7. The Bertz CT molecular complexity index is 1010. The Morgan fingerprint density at radius 1 is 1.09 bits per heavy atom. The summed E-state index contributed by atoms with van der Waals surface area (Å²) in [4.78, 5) is 12.2. The fourth-order valence-corrected chi connectivity index (χ4v) is 5.03. The van der Waals surface area contributed by atoms with E-state index in [1.54, 1.807) is 12.1 Å². The van der Waals surface area contributed by atoms with Crippen molar-refractivity contribution in [1.29, 1.82) is 0 Å². The molecule has 32 heavy (non-hydrogen) atoms. The topological polar surface area (TPSA) is 113 Å². The number of hydrogen-bond donors (Lipinski definition) is 1. The fraction of sp³-hybridized carbons (Fsp3) is 0.429. The molecule has 1 heterocycles. The monoisotopic (exact) mass is 483 g/mol. The highest BCUT2D eigenvalue weighted by Crippen LogP contribution is 2.22. The van der Waals surface area contributed by atoms with Crippen LogP contribution < -0.4 is 0 Å². The van der Waals surface area contributed by atoms with Gasteiger partial charge in [0.25, 0.3) is 5.69 Å². The molecule has 0 unspecified atom stereocenters. The van der Waals surface area contributed by atoms with E-state index in [9.17, 15) is 23.6 Å². The van der Waals surface area contributed by atoms with Crippen molar-refractivity contribution in [2.75, 3.05) is 39.3 Å². The third kappa shape index (κ3) is 6.25. The molecule has 0 spiro atoms. The molecule has 0 radical (unpaired) electrons. The Morgan fingerprint density at radius 3 is 2.25 bits per heavy atom. The van der Waals surface area contributed by atoms with Crippen LogP contribution in [0.1, 0.15) is 18.6 Å². The molecule has 174 valence electrons. The van der Waals surface area contributed by atoms with Gasteiger partial charge in [0.15, 0.2) is 0 Å². The van der Waals surface area contributed by atoms with Gasteiger partial charge in [-0.05, 0) is 36.8 Å². The summed E-state index contributed by atoms with van der Waals surface area (Å²) >= 11 is 5.89.